The van der Waals surface area contributed by atoms with E-state index >= 15 is 0 Å². The minimum atomic E-state index is -1.12. The van der Waals surface area contributed by atoms with Gasteiger partial charge in [-0.05, 0) is 25.1 Å². The van der Waals surface area contributed by atoms with Crippen molar-refractivity contribution in [3.63, 3.8) is 0 Å². The van der Waals surface area contributed by atoms with Gasteiger partial charge < -0.3 is 4.74 Å². The minimum Gasteiger partial charge on any atom is -0.421 e. The Morgan fingerprint density at radius 1 is 1.28 bits per heavy atom. The molecular weight excluding hydrogens is 240 g/mol. The molecule has 1 heterocycles. The number of ether oxygens (including phenoxy) is 1. The van der Waals surface area contributed by atoms with Gasteiger partial charge in [0.2, 0.25) is 5.82 Å². The standard InChI is InChI=1S/C12H7F2N3O/c1-7-5-8(6-15)17-12(16-7)18-10-4-2-3-9(13)11(10)14/h2-5H,1H3. The van der Waals surface area contributed by atoms with Crippen molar-refractivity contribution in [2.75, 3.05) is 0 Å². The third-order valence-electron chi connectivity index (χ3n) is 2.07. The van der Waals surface area contributed by atoms with Crippen LogP contribution in [0.15, 0.2) is 24.3 Å². The van der Waals surface area contributed by atoms with E-state index in [-0.39, 0.29) is 17.5 Å². The number of hydrogen-bond acceptors (Lipinski definition) is 4. The smallest absolute Gasteiger partial charge is 0.323 e. The summed E-state index contributed by atoms with van der Waals surface area (Å²) in [6, 6.07) is 6.59. The number of rotatable bonds is 2. The van der Waals surface area contributed by atoms with Gasteiger partial charge in [-0.1, -0.05) is 6.07 Å². The lowest BCUT2D eigenvalue weighted by atomic mass is 10.3. The third-order valence-corrected chi connectivity index (χ3v) is 2.07. The molecule has 90 valence electrons. The predicted molar refractivity (Wildman–Crippen MR) is 57.9 cm³/mol. The topological polar surface area (TPSA) is 58.8 Å². The lowest BCUT2D eigenvalue weighted by molar-refractivity contribution is 0.392. The predicted octanol–water partition coefficient (Wildman–Crippen LogP) is 2.73. The molecule has 1 aromatic carbocycles. The SMILES string of the molecule is Cc1cc(C#N)nc(Oc2cccc(F)c2F)n1. The van der Waals surface area contributed by atoms with E-state index in [0.29, 0.717) is 5.69 Å². The van der Waals surface area contributed by atoms with Crippen LogP contribution < -0.4 is 4.74 Å². The Hall–Kier alpha value is -2.55. The van der Waals surface area contributed by atoms with Crippen LogP contribution in [0, 0.1) is 29.9 Å². The van der Waals surface area contributed by atoms with Gasteiger partial charge in [-0.2, -0.15) is 14.6 Å². The average molecular weight is 247 g/mol. The Kier molecular flexibility index (Phi) is 3.15. The van der Waals surface area contributed by atoms with E-state index in [4.69, 9.17) is 10.00 Å². The fourth-order valence-electron chi connectivity index (χ4n) is 1.31. The monoisotopic (exact) mass is 247 g/mol. The van der Waals surface area contributed by atoms with Crippen molar-refractivity contribution in [2.24, 2.45) is 0 Å². The zero-order valence-electron chi connectivity index (χ0n) is 9.32. The second-order valence-corrected chi connectivity index (χ2v) is 3.44. The fourth-order valence-corrected chi connectivity index (χ4v) is 1.31. The Balaban J connectivity index is 2.37. The molecule has 2 rings (SSSR count). The van der Waals surface area contributed by atoms with E-state index in [1.807, 2.05) is 6.07 Å². The summed E-state index contributed by atoms with van der Waals surface area (Å²) < 4.78 is 31.3. The molecule has 0 aliphatic carbocycles. The van der Waals surface area contributed by atoms with Crippen molar-refractivity contribution >= 4 is 0 Å². The Bertz CT molecular complexity index is 638. The highest BCUT2D eigenvalue weighted by atomic mass is 19.2. The Morgan fingerprint density at radius 2 is 2.06 bits per heavy atom. The lowest BCUT2D eigenvalue weighted by Gasteiger charge is -2.05. The van der Waals surface area contributed by atoms with E-state index in [2.05, 4.69) is 9.97 Å². The second-order valence-electron chi connectivity index (χ2n) is 3.44. The maximum atomic E-state index is 13.3. The van der Waals surface area contributed by atoms with E-state index in [1.54, 1.807) is 6.92 Å². The van der Waals surface area contributed by atoms with Gasteiger partial charge in [0.25, 0.3) is 0 Å². The third kappa shape index (κ3) is 2.40. The molecule has 18 heavy (non-hydrogen) atoms. The Morgan fingerprint density at radius 3 is 2.78 bits per heavy atom. The summed E-state index contributed by atoms with van der Waals surface area (Å²) in [6.07, 6.45) is 0. The van der Waals surface area contributed by atoms with Crippen LogP contribution in [0.5, 0.6) is 11.8 Å². The van der Waals surface area contributed by atoms with E-state index in [0.717, 1.165) is 6.07 Å². The molecule has 0 bridgehead atoms. The van der Waals surface area contributed by atoms with Gasteiger partial charge in [-0.25, -0.2) is 9.37 Å². The van der Waals surface area contributed by atoms with Gasteiger partial charge in [0.1, 0.15) is 11.8 Å². The van der Waals surface area contributed by atoms with Gasteiger partial charge in [0.15, 0.2) is 11.6 Å². The largest absolute Gasteiger partial charge is 0.421 e. The van der Waals surface area contributed by atoms with E-state index in [9.17, 15) is 8.78 Å². The number of halogens is 2. The van der Waals surface area contributed by atoms with Crippen molar-refractivity contribution in [3.05, 3.63) is 47.3 Å². The van der Waals surface area contributed by atoms with Crippen molar-refractivity contribution in [3.8, 4) is 17.8 Å². The molecule has 0 aliphatic rings. The molecule has 1 aromatic heterocycles. The van der Waals surface area contributed by atoms with Gasteiger partial charge in [-0.15, -0.1) is 0 Å². The molecule has 2 aromatic rings. The molecule has 4 nitrogen and oxygen atoms in total. The quantitative estimate of drug-likeness (QED) is 0.818. The number of benzene rings is 1. The summed E-state index contributed by atoms with van der Waals surface area (Å²) in [5, 5.41) is 8.72. The van der Waals surface area contributed by atoms with E-state index < -0.39 is 11.6 Å². The molecular formula is C12H7F2N3O. The van der Waals surface area contributed by atoms with Crippen LogP contribution in [0.2, 0.25) is 0 Å². The molecule has 0 unspecified atom stereocenters. The van der Waals surface area contributed by atoms with Gasteiger partial charge in [0.05, 0.1) is 0 Å². The molecule has 0 saturated heterocycles. The summed E-state index contributed by atoms with van der Waals surface area (Å²) >= 11 is 0. The average Bonchev–Trinajstić information content (AvgIpc) is 2.34. The second kappa shape index (κ2) is 4.75. The molecule has 0 amide bonds. The van der Waals surface area contributed by atoms with Crippen LogP contribution >= 0.6 is 0 Å². The first-order chi connectivity index (χ1) is 8.60. The number of aromatic nitrogens is 2. The Labute approximate surface area is 101 Å². The van der Waals surface area contributed by atoms with Crippen molar-refractivity contribution < 1.29 is 13.5 Å². The molecule has 0 aliphatic heterocycles. The van der Waals surface area contributed by atoms with Gasteiger partial charge in [-0.3, -0.25) is 0 Å². The number of nitrogens with zero attached hydrogens (tertiary/aromatic N) is 3. The van der Waals surface area contributed by atoms with Gasteiger partial charge >= 0.3 is 6.01 Å². The van der Waals surface area contributed by atoms with Crippen LogP contribution in [0.3, 0.4) is 0 Å². The molecule has 0 N–H and O–H groups in total. The summed E-state index contributed by atoms with van der Waals surface area (Å²) in [5.41, 5.74) is 0.586. The first-order valence-electron chi connectivity index (χ1n) is 4.98. The van der Waals surface area contributed by atoms with E-state index in [1.165, 1.54) is 18.2 Å². The zero-order valence-corrected chi connectivity index (χ0v) is 9.32. The lowest BCUT2D eigenvalue weighted by Crippen LogP contribution is -1.98. The first kappa shape index (κ1) is 11.9. The normalized spacial score (nSPS) is 9.89. The van der Waals surface area contributed by atoms with Crippen molar-refractivity contribution in [2.45, 2.75) is 6.92 Å². The highest BCUT2D eigenvalue weighted by Crippen LogP contribution is 2.23. The molecule has 0 fully saturated rings. The van der Waals surface area contributed by atoms with Crippen LogP contribution in [0.25, 0.3) is 0 Å². The number of nitriles is 1. The summed E-state index contributed by atoms with van der Waals surface area (Å²) in [6.45, 7) is 1.64. The highest BCUT2D eigenvalue weighted by Gasteiger charge is 2.11. The molecule has 0 saturated carbocycles. The molecule has 6 heteroatoms. The van der Waals surface area contributed by atoms with Crippen molar-refractivity contribution in [1.29, 1.82) is 5.26 Å². The van der Waals surface area contributed by atoms with Crippen LogP contribution in [0.1, 0.15) is 11.4 Å². The number of hydrogen-bond donors (Lipinski definition) is 0. The van der Waals surface area contributed by atoms with Crippen molar-refractivity contribution in [1.82, 2.24) is 9.97 Å². The zero-order chi connectivity index (χ0) is 13.1. The number of aryl methyl sites for hydroxylation is 1. The summed E-state index contributed by atoms with van der Waals surface area (Å²) in [5.74, 6) is -2.48. The summed E-state index contributed by atoms with van der Waals surface area (Å²) in [4.78, 5) is 7.61. The summed E-state index contributed by atoms with van der Waals surface area (Å²) in [7, 11) is 0. The van der Waals surface area contributed by atoms with Crippen LogP contribution in [0.4, 0.5) is 8.78 Å². The minimum absolute atomic E-state index is 0.0920. The maximum Gasteiger partial charge on any atom is 0.323 e. The van der Waals surface area contributed by atoms with Crippen LogP contribution in [-0.4, -0.2) is 9.97 Å². The first-order valence-corrected chi connectivity index (χ1v) is 4.98. The van der Waals surface area contributed by atoms with Crippen LogP contribution in [-0.2, 0) is 0 Å². The van der Waals surface area contributed by atoms with Gasteiger partial charge in [0, 0.05) is 5.69 Å². The molecule has 0 spiro atoms. The fraction of sp³-hybridized carbons (Fsp3) is 0.0833. The maximum absolute atomic E-state index is 13.3. The highest BCUT2D eigenvalue weighted by molar-refractivity contribution is 5.29. The molecule has 0 radical (unpaired) electrons. The molecule has 0 atom stereocenters.